The van der Waals surface area contributed by atoms with Gasteiger partial charge in [-0.3, -0.25) is 0 Å². The van der Waals surface area contributed by atoms with E-state index < -0.39 is 5.60 Å². The smallest absolute Gasteiger partial charge is 0.159 e. The van der Waals surface area contributed by atoms with E-state index in [-0.39, 0.29) is 0 Å². The van der Waals surface area contributed by atoms with Gasteiger partial charge in [0.05, 0.1) is 5.69 Å². The summed E-state index contributed by atoms with van der Waals surface area (Å²) >= 11 is 3.35. The zero-order chi connectivity index (χ0) is 9.90. The van der Waals surface area contributed by atoms with Crippen molar-refractivity contribution >= 4 is 15.9 Å². The van der Waals surface area contributed by atoms with Gasteiger partial charge in [-0.2, -0.15) is 0 Å². The zero-order valence-electron chi connectivity index (χ0n) is 8.04. The van der Waals surface area contributed by atoms with Crippen molar-refractivity contribution in [1.82, 2.24) is 9.97 Å². The van der Waals surface area contributed by atoms with Gasteiger partial charge in [-0.1, -0.05) is 15.9 Å². The lowest BCUT2D eigenvalue weighted by Crippen LogP contribution is -2.23. The lowest BCUT2D eigenvalue weighted by molar-refractivity contribution is 0.0113. The van der Waals surface area contributed by atoms with Crippen LogP contribution in [0.25, 0.3) is 0 Å². The largest absolute Gasteiger partial charge is 0.371 e. The molecule has 0 aliphatic heterocycles. The molecule has 0 atom stereocenters. The molecule has 0 unspecified atom stereocenters. The van der Waals surface area contributed by atoms with Crippen molar-refractivity contribution in [2.24, 2.45) is 0 Å². The topological polar surface area (TPSA) is 35.0 Å². The van der Waals surface area contributed by atoms with Crippen LogP contribution < -0.4 is 0 Å². The number of hydrogen-bond acceptors (Lipinski definition) is 3. The van der Waals surface area contributed by atoms with Gasteiger partial charge in [0, 0.05) is 18.6 Å². The van der Waals surface area contributed by atoms with Crippen molar-refractivity contribution in [3.8, 4) is 0 Å². The lowest BCUT2D eigenvalue weighted by Gasteiger charge is -2.20. The van der Waals surface area contributed by atoms with Crippen LogP contribution in [0, 0.1) is 0 Å². The Balaban J connectivity index is 3.01. The monoisotopic (exact) mass is 244 g/mol. The Labute approximate surface area is 86.7 Å². The molecule has 0 saturated carbocycles. The fraction of sp³-hybridized carbons (Fsp3) is 0.556. The van der Waals surface area contributed by atoms with Crippen LogP contribution in [-0.2, 0) is 15.7 Å². The second kappa shape index (κ2) is 4.15. The maximum atomic E-state index is 5.28. The Kier molecular flexibility index (Phi) is 3.39. The predicted molar refractivity (Wildman–Crippen MR) is 54.7 cm³/mol. The Hall–Kier alpha value is -0.480. The second-order valence-corrected chi connectivity index (χ2v) is 3.78. The zero-order valence-corrected chi connectivity index (χ0v) is 9.63. The Morgan fingerprint density at radius 3 is 2.77 bits per heavy atom. The highest BCUT2D eigenvalue weighted by Crippen LogP contribution is 2.19. The molecule has 72 valence electrons. The standard InChI is InChI=1S/C9H13BrN2O/c1-9(2,13-3)8-11-5-4-7(6-10)12-8/h4-5H,6H2,1-3H3. The third kappa shape index (κ3) is 2.48. The molecule has 0 saturated heterocycles. The third-order valence-corrected chi connectivity index (χ3v) is 2.47. The van der Waals surface area contributed by atoms with E-state index in [9.17, 15) is 0 Å². The Morgan fingerprint density at radius 1 is 1.54 bits per heavy atom. The van der Waals surface area contributed by atoms with Gasteiger partial charge in [0.25, 0.3) is 0 Å². The minimum Gasteiger partial charge on any atom is -0.371 e. The molecular formula is C9H13BrN2O. The molecule has 0 fully saturated rings. The summed E-state index contributed by atoms with van der Waals surface area (Å²) in [4.78, 5) is 8.52. The fourth-order valence-electron chi connectivity index (χ4n) is 0.852. The maximum Gasteiger partial charge on any atom is 0.159 e. The molecular weight excluding hydrogens is 232 g/mol. The average molecular weight is 245 g/mol. The van der Waals surface area contributed by atoms with Gasteiger partial charge in [-0.25, -0.2) is 9.97 Å². The van der Waals surface area contributed by atoms with E-state index in [1.54, 1.807) is 13.3 Å². The summed E-state index contributed by atoms with van der Waals surface area (Å²) in [6.45, 7) is 3.89. The molecule has 4 heteroatoms. The number of hydrogen-bond donors (Lipinski definition) is 0. The van der Waals surface area contributed by atoms with Crippen LogP contribution >= 0.6 is 15.9 Å². The summed E-state index contributed by atoms with van der Waals surface area (Å²) in [5.41, 5.74) is 0.549. The van der Waals surface area contributed by atoms with Crippen LogP contribution in [0.15, 0.2) is 12.3 Å². The Morgan fingerprint density at radius 2 is 2.23 bits per heavy atom. The fourth-order valence-corrected chi connectivity index (χ4v) is 1.16. The average Bonchev–Trinajstić information content (AvgIpc) is 2.18. The van der Waals surface area contributed by atoms with E-state index in [1.165, 1.54) is 0 Å². The van der Waals surface area contributed by atoms with E-state index in [0.717, 1.165) is 11.0 Å². The highest BCUT2D eigenvalue weighted by molar-refractivity contribution is 9.08. The van der Waals surface area contributed by atoms with Crippen LogP contribution in [0.5, 0.6) is 0 Å². The summed E-state index contributed by atoms with van der Waals surface area (Å²) in [7, 11) is 1.66. The van der Waals surface area contributed by atoms with E-state index >= 15 is 0 Å². The molecule has 3 nitrogen and oxygen atoms in total. The lowest BCUT2D eigenvalue weighted by atomic mass is 10.1. The highest BCUT2D eigenvalue weighted by Gasteiger charge is 2.22. The number of halogens is 1. The van der Waals surface area contributed by atoms with Crippen molar-refractivity contribution in [1.29, 1.82) is 0 Å². The van der Waals surface area contributed by atoms with Crippen molar-refractivity contribution in [2.45, 2.75) is 24.8 Å². The van der Waals surface area contributed by atoms with Crippen LogP contribution in [-0.4, -0.2) is 17.1 Å². The molecule has 1 aromatic rings. The van der Waals surface area contributed by atoms with E-state index in [2.05, 4.69) is 25.9 Å². The quantitative estimate of drug-likeness (QED) is 0.766. The first kappa shape index (κ1) is 10.6. The SMILES string of the molecule is COC(C)(C)c1nccc(CBr)n1. The molecule has 0 amide bonds. The number of rotatable bonds is 3. The number of alkyl halides is 1. The van der Waals surface area contributed by atoms with Gasteiger partial charge in [-0.05, 0) is 19.9 Å². The molecule has 0 spiro atoms. The molecule has 13 heavy (non-hydrogen) atoms. The molecule has 0 aliphatic carbocycles. The second-order valence-electron chi connectivity index (χ2n) is 3.22. The van der Waals surface area contributed by atoms with Gasteiger partial charge >= 0.3 is 0 Å². The van der Waals surface area contributed by atoms with Crippen LogP contribution in [0.4, 0.5) is 0 Å². The molecule has 0 bridgehead atoms. The Bertz CT molecular complexity index is 289. The minimum atomic E-state index is -0.418. The molecule has 0 radical (unpaired) electrons. The normalized spacial score (nSPS) is 11.7. The maximum absolute atomic E-state index is 5.28. The number of methoxy groups -OCH3 is 1. The predicted octanol–water partition coefficient (Wildman–Crippen LogP) is 2.25. The number of nitrogens with zero attached hydrogens (tertiary/aromatic N) is 2. The summed E-state index contributed by atoms with van der Waals surface area (Å²) in [6, 6.07) is 1.88. The van der Waals surface area contributed by atoms with E-state index in [1.807, 2.05) is 19.9 Å². The minimum absolute atomic E-state index is 0.418. The third-order valence-electron chi connectivity index (χ3n) is 1.90. The number of aromatic nitrogens is 2. The molecule has 1 aromatic heterocycles. The van der Waals surface area contributed by atoms with Crippen LogP contribution in [0.3, 0.4) is 0 Å². The van der Waals surface area contributed by atoms with Crippen molar-refractivity contribution < 1.29 is 4.74 Å². The van der Waals surface area contributed by atoms with Crippen LogP contribution in [0.2, 0.25) is 0 Å². The summed E-state index contributed by atoms with van der Waals surface area (Å²) < 4.78 is 5.28. The molecule has 0 N–H and O–H groups in total. The number of ether oxygens (including phenoxy) is 1. The van der Waals surface area contributed by atoms with Gasteiger partial charge < -0.3 is 4.74 Å². The highest BCUT2D eigenvalue weighted by atomic mass is 79.9. The van der Waals surface area contributed by atoms with Crippen LogP contribution in [0.1, 0.15) is 25.4 Å². The molecule has 0 aliphatic rings. The summed E-state index contributed by atoms with van der Waals surface area (Å²) in [6.07, 6.45) is 1.75. The van der Waals surface area contributed by atoms with Gasteiger partial charge in [-0.15, -0.1) is 0 Å². The van der Waals surface area contributed by atoms with Crippen molar-refractivity contribution in [2.75, 3.05) is 7.11 Å². The molecule has 1 rings (SSSR count). The molecule has 0 aromatic carbocycles. The van der Waals surface area contributed by atoms with Gasteiger partial charge in [0.15, 0.2) is 5.82 Å². The van der Waals surface area contributed by atoms with E-state index in [4.69, 9.17) is 4.74 Å². The van der Waals surface area contributed by atoms with Crippen molar-refractivity contribution in [3.63, 3.8) is 0 Å². The molecule has 1 heterocycles. The van der Waals surface area contributed by atoms with Crippen molar-refractivity contribution in [3.05, 3.63) is 23.8 Å². The van der Waals surface area contributed by atoms with Gasteiger partial charge in [0.2, 0.25) is 0 Å². The first-order valence-electron chi connectivity index (χ1n) is 4.03. The summed E-state index contributed by atoms with van der Waals surface area (Å²) in [5.74, 6) is 0.715. The first-order chi connectivity index (χ1) is 6.10. The summed E-state index contributed by atoms with van der Waals surface area (Å²) in [5, 5.41) is 0.738. The van der Waals surface area contributed by atoms with E-state index in [0.29, 0.717) is 5.82 Å². The first-order valence-corrected chi connectivity index (χ1v) is 5.16. The van der Waals surface area contributed by atoms with Gasteiger partial charge in [0.1, 0.15) is 5.60 Å².